The van der Waals surface area contributed by atoms with Crippen molar-refractivity contribution in [1.82, 2.24) is 5.32 Å². The Kier molecular flexibility index (Phi) is 4.57. The van der Waals surface area contributed by atoms with Gasteiger partial charge in [-0.15, -0.1) is 0 Å². The van der Waals surface area contributed by atoms with Crippen LogP contribution in [0.4, 0.5) is 5.88 Å². The van der Waals surface area contributed by atoms with Crippen molar-refractivity contribution in [2.75, 3.05) is 0 Å². The lowest BCUT2D eigenvalue weighted by Gasteiger charge is -2.11. The number of nitro groups is 1. The molecule has 0 saturated heterocycles. The maximum atomic E-state index is 11.7. The van der Waals surface area contributed by atoms with E-state index in [-0.39, 0.29) is 12.3 Å². The Morgan fingerprint density at radius 3 is 2.77 bits per heavy atom. The van der Waals surface area contributed by atoms with Crippen molar-refractivity contribution < 1.29 is 28.1 Å². The smallest absolute Gasteiger partial charge is 0.433 e. The summed E-state index contributed by atoms with van der Waals surface area (Å²) < 4.78 is 14.6. The molecule has 0 spiro atoms. The summed E-state index contributed by atoms with van der Waals surface area (Å²) in [5, 5.41) is 13.0. The van der Waals surface area contributed by atoms with Crippen LogP contribution in [-0.4, -0.2) is 22.9 Å². The quantitative estimate of drug-likeness (QED) is 0.488. The summed E-state index contributed by atoms with van der Waals surface area (Å²) in [6.45, 7) is 1.52. The van der Waals surface area contributed by atoms with Gasteiger partial charge in [-0.05, 0) is 25.1 Å². The van der Waals surface area contributed by atoms with Crippen molar-refractivity contribution in [3.8, 4) is 0 Å². The molecule has 1 N–H and O–H groups in total. The molecule has 2 heterocycles. The van der Waals surface area contributed by atoms with Crippen molar-refractivity contribution in [1.29, 1.82) is 0 Å². The molecule has 2 aromatic heterocycles. The third-order valence-corrected chi connectivity index (χ3v) is 2.64. The molecule has 0 aliphatic heterocycles. The van der Waals surface area contributed by atoms with Gasteiger partial charge in [0.15, 0.2) is 6.10 Å². The molecular weight excluding hydrogens is 296 g/mol. The van der Waals surface area contributed by atoms with E-state index in [0.717, 1.165) is 12.1 Å². The number of esters is 1. The van der Waals surface area contributed by atoms with E-state index in [1.165, 1.54) is 13.2 Å². The Balaban J connectivity index is 1.86. The van der Waals surface area contributed by atoms with Gasteiger partial charge in [-0.1, -0.05) is 0 Å². The average Bonchev–Trinajstić information content (AvgIpc) is 3.15. The molecule has 0 radical (unpaired) electrons. The number of amides is 1. The first-order chi connectivity index (χ1) is 10.5. The first kappa shape index (κ1) is 15.3. The van der Waals surface area contributed by atoms with Crippen molar-refractivity contribution in [2.24, 2.45) is 0 Å². The molecular formula is C13H12N2O7. The summed E-state index contributed by atoms with van der Waals surface area (Å²) in [5.41, 5.74) is 0. The third-order valence-electron chi connectivity index (χ3n) is 2.64. The number of hydrogen-bond acceptors (Lipinski definition) is 7. The Labute approximate surface area is 124 Å². The standard InChI is InChI=1S/C13H12N2O7/c1-8(12(16)14-7-9-3-2-6-20-9)21-13(17)10-4-5-11(22-10)15(18)19/h2-6,8H,7H2,1H3,(H,14,16). The minimum absolute atomic E-state index is 0.153. The summed E-state index contributed by atoms with van der Waals surface area (Å²) in [5.74, 6) is -1.88. The molecule has 0 bridgehead atoms. The molecule has 0 aliphatic carbocycles. The summed E-state index contributed by atoms with van der Waals surface area (Å²) in [6, 6.07) is 5.49. The molecule has 9 heteroatoms. The van der Waals surface area contributed by atoms with Gasteiger partial charge in [0.2, 0.25) is 5.76 Å². The van der Waals surface area contributed by atoms with E-state index < -0.39 is 28.8 Å². The van der Waals surface area contributed by atoms with Gasteiger partial charge in [-0.3, -0.25) is 14.9 Å². The second-order valence-corrected chi connectivity index (χ2v) is 4.24. The summed E-state index contributed by atoms with van der Waals surface area (Å²) in [7, 11) is 0. The Morgan fingerprint density at radius 1 is 1.41 bits per heavy atom. The van der Waals surface area contributed by atoms with Crippen LogP contribution in [0.5, 0.6) is 0 Å². The lowest BCUT2D eigenvalue weighted by Crippen LogP contribution is -2.35. The van der Waals surface area contributed by atoms with E-state index in [1.807, 2.05) is 0 Å². The van der Waals surface area contributed by atoms with Gasteiger partial charge in [0.05, 0.1) is 18.9 Å². The molecule has 0 aromatic carbocycles. The molecule has 1 unspecified atom stereocenters. The van der Waals surface area contributed by atoms with Gasteiger partial charge in [-0.25, -0.2) is 4.79 Å². The highest BCUT2D eigenvalue weighted by Gasteiger charge is 2.23. The zero-order chi connectivity index (χ0) is 16.1. The second-order valence-electron chi connectivity index (χ2n) is 4.24. The summed E-state index contributed by atoms with van der Waals surface area (Å²) in [4.78, 5) is 33.1. The van der Waals surface area contributed by atoms with Crippen molar-refractivity contribution in [3.05, 3.63) is 52.2 Å². The Morgan fingerprint density at radius 2 is 2.18 bits per heavy atom. The average molecular weight is 308 g/mol. The zero-order valence-electron chi connectivity index (χ0n) is 11.5. The van der Waals surface area contributed by atoms with Crippen molar-refractivity contribution in [2.45, 2.75) is 19.6 Å². The van der Waals surface area contributed by atoms with E-state index >= 15 is 0 Å². The molecule has 0 aliphatic rings. The van der Waals surface area contributed by atoms with Crippen LogP contribution in [-0.2, 0) is 16.1 Å². The predicted molar refractivity (Wildman–Crippen MR) is 70.8 cm³/mol. The van der Waals surface area contributed by atoms with E-state index in [4.69, 9.17) is 9.15 Å². The number of nitrogens with zero attached hydrogens (tertiary/aromatic N) is 1. The van der Waals surface area contributed by atoms with Gasteiger partial charge in [0, 0.05) is 0 Å². The SMILES string of the molecule is CC(OC(=O)c1ccc([N+](=O)[O-])o1)C(=O)NCc1ccco1. The van der Waals surface area contributed by atoms with Crippen LogP contribution in [0.1, 0.15) is 23.2 Å². The monoisotopic (exact) mass is 308 g/mol. The molecule has 0 saturated carbocycles. The van der Waals surface area contributed by atoms with Crippen LogP contribution in [0.2, 0.25) is 0 Å². The van der Waals surface area contributed by atoms with Crippen LogP contribution < -0.4 is 5.32 Å². The Hall–Kier alpha value is -3.10. The van der Waals surface area contributed by atoms with Gasteiger partial charge >= 0.3 is 11.9 Å². The minimum Gasteiger partial charge on any atom is -0.467 e. The van der Waals surface area contributed by atoms with Crippen LogP contribution in [0.25, 0.3) is 0 Å². The van der Waals surface area contributed by atoms with Crippen LogP contribution >= 0.6 is 0 Å². The van der Waals surface area contributed by atoms with E-state index in [2.05, 4.69) is 9.73 Å². The van der Waals surface area contributed by atoms with Crippen molar-refractivity contribution in [3.63, 3.8) is 0 Å². The third kappa shape index (κ3) is 3.72. The number of nitrogens with one attached hydrogen (secondary N) is 1. The normalized spacial score (nSPS) is 11.7. The predicted octanol–water partition coefficient (Wildman–Crippen LogP) is 1.64. The first-order valence-electron chi connectivity index (χ1n) is 6.22. The van der Waals surface area contributed by atoms with E-state index in [9.17, 15) is 19.7 Å². The topological polar surface area (TPSA) is 125 Å². The van der Waals surface area contributed by atoms with E-state index in [0.29, 0.717) is 5.76 Å². The second kappa shape index (κ2) is 6.57. The van der Waals surface area contributed by atoms with Gasteiger partial charge in [0.1, 0.15) is 10.7 Å². The minimum atomic E-state index is -1.09. The Bertz CT molecular complexity index is 674. The fraction of sp³-hybridized carbons (Fsp3) is 0.231. The number of rotatable bonds is 6. The van der Waals surface area contributed by atoms with Gasteiger partial charge in [-0.2, -0.15) is 0 Å². The number of hydrogen-bond donors (Lipinski definition) is 1. The van der Waals surface area contributed by atoms with Crippen LogP contribution in [0, 0.1) is 10.1 Å². The highest BCUT2D eigenvalue weighted by Crippen LogP contribution is 2.16. The lowest BCUT2D eigenvalue weighted by molar-refractivity contribution is -0.402. The summed E-state index contributed by atoms with van der Waals surface area (Å²) >= 11 is 0. The molecule has 1 amide bonds. The molecule has 2 rings (SSSR count). The maximum absolute atomic E-state index is 11.7. The number of furan rings is 2. The van der Waals surface area contributed by atoms with E-state index in [1.54, 1.807) is 12.1 Å². The largest absolute Gasteiger partial charge is 0.467 e. The maximum Gasteiger partial charge on any atom is 0.433 e. The van der Waals surface area contributed by atoms with Gasteiger partial charge in [0.25, 0.3) is 5.91 Å². The molecule has 22 heavy (non-hydrogen) atoms. The zero-order valence-corrected chi connectivity index (χ0v) is 11.5. The van der Waals surface area contributed by atoms with Crippen LogP contribution in [0.15, 0.2) is 39.4 Å². The van der Waals surface area contributed by atoms with Crippen LogP contribution in [0.3, 0.4) is 0 Å². The molecule has 9 nitrogen and oxygen atoms in total. The molecule has 0 fully saturated rings. The number of ether oxygens (including phenoxy) is 1. The highest BCUT2D eigenvalue weighted by atomic mass is 16.7. The fourth-order valence-electron chi connectivity index (χ4n) is 1.54. The van der Waals surface area contributed by atoms with Gasteiger partial charge < -0.3 is 18.9 Å². The number of carbonyl (C=O) groups excluding carboxylic acids is 2. The fourth-order valence-corrected chi connectivity index (χ4v) is 1.54. The highest BCUT2D eigenvalue weighted by molar-refractivity contribution is 5.90. The molecule has 1 atom stereocenters. The van der Waals surface area contributed by atoms with Crippen molar-refractivity contribution >= 4 is 17.8 Å². The lowest BCUT2D eigenvalue weighted by atomic mass is 10.3. The molecule has 116 valence electrons. The summed E-state index contributed by atoms with van der Waals surface area (Å²) in [6.07, 6.45) is 0.376. The molecule has 2 aromatic rings. The number of carbonyl (C=O) groups is 2. The first-order valence-corrected chi connectivity index (χ1v) is 6.22.